The van der Waals surface area contributed by atoms with Crippen molar-refractivity contribution in [3.8, 4) is 0 Å². The van der Waals surface area contributed by atoms with E-state index in [0.717, 1.165) is 6.54 Å². The summed E-state index contributed by atoms with van der Waals surface area (Å²) in [5.41, 5.74) is 0. The summed E-state index contributed by atoms with van der Waals surface area (Å²) >= 11 is 0. The van der Waals surface area contributed by atoms with Crippen LogP contribution in [-0.4, -0.2) is 68.3 Å². The lowest BCUT2D eigenvalue weighted by atomic mass is 10.2. The summed E-state index contributed by atoms with van der Waals surface area (Å²) in [6, 6.07) is 0.00324. The quantitative estimate of drug-likeness (QED) is 0.699. The SMILES string of the molecule is CC(C)CNCC(O)CN1CCS(=O)(=O)CC1C. The third kappa shape index (κ3) is 5.65. The van der Waals surface area contributed by atoms with Crippen LogP contribution in [0.5, 0.6) is 0 Å². The molecule has 1 rings (SSSR count). The second-order valence-electron chi connectivity index (χ2n) is 5.66. The molecule has 108 valence electrons. The van der Waals surface area contributed by atoms with E-state index in [2.05, 4.69) is 24.1 Å². The number of sulfone groups is 1. The van der Waals surface area contributed by atoms with Crippen molar-refractivity contribution in [2.24, 2.45) is 5.92 Å². The fourth-order valence-corrected chi connectivity index (χ4v) is 3.80. The number of nitrogens with zero attached hydrogens (tertiary/aromatic N) is 1. The molecule has 1 fully saturated rings. The molecule has 1 aliphatic heterocycles. The Labute approximate surface area is 110 Å². The third-order valence-electron chi connectivity index (χ3n) is 3.19. The molecule has 2 unspecified atom stereocenters. The minimum Gasteiger partial charge on any atom is -0.390 e. The van der Waals surface area contributed by atoms with Crippen molar-refractivity contribution in [3.63, 3.8) is 0 Å². The number of rotatable bonds is 6. The fourth-order valence-electron chi connectivity index (χ4n) is 2.18. The van der Waals surface area contributed by atoms with Crippen LogP contribution in [0.3, 0.4) is 0 Å². The van der Waals surface area contributed by atoms with Crippen molar-refractivity contribution in [3.05, 3.63) is 0 Å². The van der Waals surface area contributed by atoms with Crippen molar-refractivity contribution >= 4 is 9.84 Å². The van der Waals surface area contributed by atoms with E-state index in [1.807, 2.05) is 6.92 Å². The highest BCUT2D eigenvalue weighted by Gasteiger charge is 2.28. The number of nitrogens with one attached hydrogen (secondary N) is 1. The molecule has 18 heavy (non-hydrogen) atoms. The van der Waals surface area contributed by atoms with Gasteiger partial charge in [-0.25, -0.2) is 8.42 Å². The van der Waals surface area contributed by atoms with Crippen molar-refractivity contribution < 1.29 is 13.5 Å². The van der Waals surface area contributed by atoms with Gasteiger partial charge in [-0.15, -0.1) is 0 Å². The van der Waals surface area contributed by atoms with E-state index >= 15 is 0 Å². The monoisotopic (exact) mass is 278 g/mol. The Kier molecular flexibility index (Phi) is 6.04. The van der Waals surface area contributed by atoms with Gasteiger partial charge in [0.2, 0.25) is 0 Å². The molecule has 0 spiro atoms. The van der Waals surface area contributed by atoms with Crippen LogP contribution in [0.25, 0.3) is 0 Å². The van der Waals surface area contributed by atoms with Gasteiger partial charge in [0.1, 0.15) is 0 Å². The minimum absolute atomic E-state index is 0.00324. The van der Waals surface area contributed by atoms with Crippen LogP contribution in [0.2, 0.25) is 0 Å². The molecule has 0 aromatic heterocycles. The summed E-state index contributed by atoms with van der Waals surface area (Å²) in [6.45, 7) is 8.68. The summed E-state index contributed by atoms with van der Waals surface area (Å²) in [5, 5.41) is 13.1. The maximum Gasteiger partial charge on any atom is 0.153 e. The molecule has 1 aliphatic rings. The number of aliphatic hydroxyl groups is 1. The lowest BCUT2D eigenvalue weighted by Crippen LogP contribution is -2.50. The molecule has 0 aromatic rings. The average molecular weight is 278 g/mol. The van der Waals surface area contributed by atoms with Crippen LogP contribution >= 0.6 is 0 Å². The van der Waals surface area contributed by atoms with Crippen molar-refractivity contribution in [1.29, 1.82) is 0 Å². The molecule has 0 aromatic carbocycles. The first-order chi connectivity index (χ1) is 8.30. The average Bonchev–Trinajstić information content (AvgIpc) is 2.21. The molecule has 1 saturated heterocycles. The fraction of sp³-hybridized carbons (Fsp3) is 1.00. The normalized spacial score (nSPS) is 26.4. The summed E-state index contributed by atoms with van der Waals surface area (Å²) in [6.07, 6.45) is -0.438. The summed E-state index contributed by atoms with van der Waals surface area (Å²) in [7, 11) is -2.87. The van der Waals surface area contributed by atoms with E-state index in [-0.39, 0.29) is 17.5 Å². The predicted molar refractivity (Wildman–Crippen MR) is 73.4 cm³/mol. The van der Waals surface area contributed by atoms with E-state index in [1.54, 1.807) is 0 Å². The summed E-state index contributed by atoms with van der Waals surface area (Å²) in [4.78, 5) is 2.06. The standard InChI is InChI=1S/C12H26N2O3S/c1-10(2)6-13-7-12(15)8-14-4-5-18(16,17)9-11(14)3/h10-13,15H,4-9H2,1-3H3. The van der Waals surface area contributed by atoms with Crippen LogP contribution in [0.4, 0.5) is 0 Å². The number of hydrogen-bond donors (Lipinski definition) is 2. The van der Waals surface area contributed by atoms with Gasteiger partial charge in [-0.05, 0) is 19.4 Å². The van der Waals surface area contributed by atoms with Crippen molar-refractivity contribution in [2.45, 2.75) is 32.9 Å². The van der Waals surface area contributed by atoms with Gasteiger partial charge in [-0.1, -0.05) is 13.8 Å². The van der Waals surface area contributed by atoms with Crippen LogP contribution < -0.4 is 5.32 Å². The minimum atomic E-state index is -2.87. The van der Waals surface area contributed by atoms with E-state index in [9.17, 15) is 13.5 Å². The molecule has 6 heteroatoms. The van der Waals surface area contributed by atoms with Crippen LogP contribution in [0.1, 0.15) is 20.8 Å². The van der Waals surface area contributed by atoms with Crippen molar-refractivity contribution in [1.82, 2.24) is 10.2 Å². The molecule has 0 aliphatic carbocycles. The Bertz CT molecular complexity index is 343. The molecular weight excluding hydrogens is 252 g/mol. The molecule has 0 saturated carbocycles. The maximum absolute atomic E-state index is 11.4. The topological polar surface area (TPSA) is 69.6 Å². The van der Waals surface area contributed by atoms with E-state index < -0.39 is 15.9 Å². The zero-order chi connectivity index (χ0) is 13.8. The van der Waals surface area contributed by atoms with Gasteiger partial charge >= 0.3 is 0 Å². The Balaban J connectivity index is 2.30. The molecule has 2 N–H and O–H groups in total. The first-order valence-corrected chi connectivity index (χ1v) is 8.45. The molecular formula is C12H26N2O3S. The number of aliphatic hydroxyl groups excluding tert-OH is 1. The highest BCUT2D eigenvalue weighted by atomic mass is 32.2. The van der Waals surface area contributed by atoms with Gasteiger partial charge in [0.05, 0.1) is 17.6 Å². The van der Waals surface area contributed by atoms with Gasteiger partial charge in [-0.2, -0.15) is 0 Å². The van der Waals surface area contributed by atoms with Crippen LogP contribution in [0.15, 0.2) is 0 Å². The van der Waals surface area contributed by atoms with Gasteiger partial charge in [0.25, 0.3) is 0 Å². The number of β-amino-alcohol motifs (C(OH)–C–C–N with tert-alkyl or cyclic N) is 1. The van der Waals surface area contributed by atoms with Gasteiger partial charge in [0.15, 0.2) is 9.84 Å². The second kappa shape index (κ2) is 6.84. The Morgan fingerprint density at radius 2 is 2.06 bits per heavy atom. The Morgan fingerprint density at radius 3 is 2.61 bits per heavy atom. The maximum atomic E-state index is 11.4. The Hall–Kier alpha value is -0.170. The summed E-state index contributed by atoms with van der Waals surface area (Å²) in [5.74, 6) is 0.985. The predicted octanol–water partition coefficient (Wildman–Crippen LogP) is -0.288. The molecule has 1 heterocycles. The zero-order valence-corrected chi connectivity index (χ0v) is 12.4. The van der Waals surface area contributed by atoms with Gasteiger partial charge in [-0.3, -0.25) is 4.90 Å². The Morgan fingerprint density at radius 1 is 1.39 bits per heavy atom. The lowest BCUT2D eigenvalue weighted by Gasteiger charge is -2.34. The van der Waals surface area contributed by atoms with Crippen LogP contribution in [0, 0.1) is 5.92 Å². The molecule has 0 amide bonds. The molecule has 0 radical (unpaired) electrons. The first kappa shape index (κ1) is 15.9. The van der Waals surface area contributed by atoms with Gasteiger partial charge in [0, 0.05) is 25.7 Å². The summed E-state index contributed by atoms with van der Waals surface area (Å²) < 4.78 is 22.9. The molecule has 5 nitrogen and oxygen atoms in total. The van der Waals surface area contributed by atoms with E-state index in [0.29, 0.717) is 25.6 Å². The largest absolute Gasteiger partial charge is 0.390 e. The highest BCUT2D eigenvalue weighted by molar-refractivity contribution is 7.91. The van der Waals surface area contributed by atoms with Gasteiger partial charge < -0.3 is 10.4 Å². The number of hydrogen-bond acceptors (Lipinski definition) is 5. The highest BCUT2D eigenvalue weighted by Crippen LogP contribution is 2.11. The third-order valence-corrected chi connectivity index (χ3v) is 4.98. The first-order valence-electron chi connectivity index (χ1n) is 6.63. The molecule has 0 bridgehead atoms. The van der Waals surface area contributed by atoms with Crippen LogP contribution in [-0.2, 0) is 9.84 Å². The smallest absolute Gasteiger partial charge is 0.153 e. The van der Waals surface area contributed by atoms with E-state index in [1.165, 1.54) is 0 Å². The lowest BCUT2D eigenvalue weighted by molar-refractivity contribution is 0.0959. The second-order valence-corrected chi connectivity index (χ2v) is 7.89. The zero-order valence-electron chi connectivity index (χ0n) is 11.6. The molecule has 2 atom stereocenters. The van der Waals surface area contributed by atoms with Crippen molar-refractivity contribution in [2.75, 3.05) is 37.7 Å². The van der Waals surface area contributed by atoms with E-state index in [4.69, 9.17) is 0 Å².